The Hall–Kier alpha value is -1.46. The van der Waals surface area contributed by atoms with E-state index in [1.54, 1.807) is 30.3 Å². The number of likely N-dealkylation sites (N-methyl/N-ethyl adjacent to an activating group) is 1. The Morgan fingerprint density at radius 2 is 1.79 bits per heavy atom. The third-order valence-electron chi connectivity index (χ3n) is 4.59. The smallest absolute Gasteiger partial charge is 0.183 e. The molecule has 0 aliphatic heterocycles. The molecule has 1 rings (SSSR count). The lowest BCUT2D eigenvalue weighted by molar-refractivity contribution is 0.0673. The minimum Gasteiger partial charge on any atom is -0.297 e. The minimum absolute atomic E-state index is 0.00703. The highest BCUT2D eigenvalue weighted by Gasteiger charge is 2.38. The zero-order chi connectivity index (χ0) is 18.4. The second-order valence-electron chi connectivity index (χ2n) is 6.30. The maximum Gasteiger partial charge on any atom is 0.183 e. The van der Waals surface area contributed by atoms with E-state index >= 15 is 0 Å². The SMILES string of the molecule is C=CCC(CC)(C(=O)c1ccc(S(=O)(=O)CCCC)cc1)N(C)C. The largest absolute Gasteiger partial charge is 0.297 e. The predicted molar refractivity (Wildman–Crippen MR) is 99.3 cm³/mol. The van der Waals surface area contributed by atoms with Crippen molar-refractivity contribution in [2.45, 2.75) is 50.0 Å². The average Bonchev–Trinajstić information content (AvgIpc) is 2.57. The zero-order valence-corrected chi connectivity index (χ0v) is 16.0. The van der Waals surface area contributed by atoms with Crippen LogP contribution in [0, 0.1) is 0 Å². The normalized spacial score (nSPS) is 14.4. The van der Waals surface area contributed by atoms with Gasteiger partial charge in [-0.1, -0.05) is 38.5 Å². The number of carbonyl (C=O) groups is 1. The van der Waals surface area contributed by atoms with Crippen LogP contribution >= 0.6 is 0 Å². The van der Waals surface area contributed by atoms with E-state index in [-0.39, 0.29) is 16.4 Å². The summed E-state index contributed by atoms with van der Waals surface area (Å²) in [6.07, 6.45) is 4.43. The van der Waals surface area contributed by atoms with E-state index in [4.69, 9.17) is 0 Å². The number of Topliss-reactive ketones (excluding diaryl/α,β-unsaturated/α-hetero) is 1. The molecule has 0 spiro atoms. The third kappa shape index (κ3) is 4.33. The molecule has 0 heterocycles. The molecule has 134 valence electrons. The molecule has 24 heavy (non-hydrogen) atoms. The molecule has 0 amide bonds. The second-order valence-corrected chi connectivity index (χ2v) is 8.41. The van der Waals surface area contributed by atoms with Gasteiger partial charge in [-0.25, -0.2) is 8.42 Å². The summed E-state index contributed by atoms with van der Waals surface area (Å²) in [5, 5.41) is 0. The molecule has 0 radical (unpaired) electrons. The molecule has 4 nitrogen and oxygen atoms in total. The standard InChI is InChI=1S/C19H29NO3S/c1-6-9-15-24(22,23)17-12-10-16(11-13-17)18(21)19(8-3,14-7-2)20(4)5/h7,10-13H,2,6,8-9,14-15H2,1,3-5H3. The molecule has 1 unspecified atom stereocenters. The number of nitrogens with zero attached hydrogens (tertiary/aromatic N) is 1. The molecule has 0 aliphatic rings. The van der Waals surface area contributed by atoms with Crippen molar-refractivity contribution in [2.24, 2.45) is 0 Å². The lowest BCUT2D eigenvalue weighted by atomic mass is 9.82. The molecule has 0 aromatic heterocycles. The van der Waals surface area contributed by atoms with E-state index in [0.29, 0.717) is 24.8 Å². The fraction of sp³-hybridized carbons (Fsp3) is 0.526. The molecule has 0 saturated carbocycles. The van der Waals surface area contributed by atoms with Crippen LogP contribution in [0.1, 0.15) is 49.9 Å². The first-order chi connectivity index (χ1) is 11.2. The van der Waals surface area contributed by atoms with Gasteiger partial charge in [0.25, 0.3) is 0 Å². The van der Waals surface area contributed by atoms with Crippen molar-refractivity contribution in [2.75, 3.05) is 19.8 Å². The van der Waals surface area contributed by atoms with Gasteiger partial charge in [-0.2, -0.15) is 0 Å². The number of hydrogen-bond donors (Lipinski definition) is 0. The zero-order valence-electron chi connectivity index (χ0n) is 15.2. The quantitative estimate of drug-likeness (QED) is 0.476. The third-order valence-corrected chi connectivity index (χ3v) is 6.40. The van der Waals surface area contributed by atoms with Crippen molar-refractivity contribution in [3.05, 3.63) is 42.5 Å². The van der Waals surface area contributed by atoms with Gasteiger partial charge < -0.3 is 0 Å². The van der Waals surface area contributed by atoms with E-state index in [1.165, 1.54) is 0 Å². The van der Waals surface area contributed by atoms with Gasteiger partial charge in [0.05, 0.1) is 16.2 Å². The van der Waals surface area contributed by atoms with Gasteiger partial charge >= 0.3 is 0 Å². The number of hydrogen-bond acceptors (Lipinski definition) is 4. The predicted octanol–water partition coefficient (Wildman–Crippen LogP) is 3.73. The van der Waals surface area contributed by atoms with E-state index in [2.05, 4.69) is 6.58 Å². The van der Waals surface area contributed by atoms with Crippen molar-refractivity contribution in [3.8, 4) is 0 Å². The summed E-state index contributed by atoms with van der Waals surface area (Å²) in [4.78, 5) is 15.2. The molecule has 5 heteroatoms. The van der Waals surface area contributed by atoms with Crippen LogP contribution in [0.4, 0.5) is 0 Å². The molecule has 1 aromatic carbocycles. The molecule has 0 fully saturated rings. The Bertz CT molecular complexity index is 662. The van der Waals surface area contributed by atoms with Crippen molar-refractivity contribution in [3.63, 3.8) is 0 Å². The highest BCUT2D eigenvalue weighted by atomic mass is 32.2. The number of ketones is 1. The lowest BCUT2D eigenvalue weighted by Crippen LogP contribution is -2.50. The average molecular weight is 352 g/mol. The second kappa shape index (κ2) is 8.58. The van der Waals surface area contributed by atoms with Crippen LogP contribution in [-0.4, -0.2) is 44.5 Å². The van der Waals surface area contributed by atoms with E-state index in [0.717, 1.165) is 6.42 Å². The number of carbonyl (C=O) groups excluding carboxylic acids is 1. The fourth-order valence-electron chi connectivity index (χ4n) is 2.87. The summed E-state index contributed by atoms with van der Waals surface area (Å²) in [5.74, 6) is 0.136. The number of sulfone groups is 1. The molecule has 0 bridgehead atoms. The summed E-state index contributed by atoms with van der Waals surface area (Å²) >= 11 is 0. The van der Waals surface area contributed by atoms with Gasteiger partial charge in [-0.3, -0.25) is 9.69 Å². The van der Waals surface area contributed by atoms with Gasteiger partial charge in [0.15, 0.2) is 15.6 Å². The van der Waals surface area contributed by atoms with Gasteiger partial charge in [0.1, 0.15) is 0 Å². The van der Waals surface area contributed by atoms with Crippen LogP contribution in [0.3, 0.4) is 0 Å². The minimum atomic E-state index is -3.27. The van der Waals surface area contributed by atoms with Gasteiger partial charge in [0.2, 0.25) is 0 Å². The Kier molecular flexibility index (Phi) is 7.36. The Morgan fingerprint density at radius 3 is 2.21 bits per heavy atom. The van der Waals surface area contributed by atoms with Crippen molar-refractivity contribution >= 4 is 15.6 Å². The van der Waals surface area contributed by atoms with Crippen LogP contribution < -0.4 is 0 Å². The molecule has 0 saturated heterocycles. The first kappa shape index (κ1) is 20.6. The van der Waals surface area contributed by atoms with Crippen molar-refractivity contribution in [1.29, 1.82) is 0 Å². The molecule has 0 N–H and O–H groups in total. The summed E-state index contributed by atoms with van der Waals surface area (Å²) in [5.41, 5.74) is -0.119. The monoisotopic (exact) mass is 351 g/mol. The highest BCUT2D eigenvalue weighted by molar-refractivity contribution is 7.91. The van der Waals surface area contributed by atoms with Crippen LogP contribution in [-0.2, 0) is 9.84 Å². The number of rotatable bonds is 10. The van der Waals surface area contributed by atoms with E-state index in [1.807, 2.05) is 32.8 Å². The lowest BCUT2D eigenvalue weighted by Gasteiger charge is -2.37. The van der Waals surface area contributed by atoms with Gasteiger partial charge in [-0.05, 0) is 45.5 Å². The first-order valence-electron chi connectivity index (χ1n) is 8.41. The van der Waals surface area contributed by atoms with Crippen molar-refractivity contribution in [1.82, 2.24) is 4.90 Å². The fourth-order valence-corrected chi connectivity index (χ4v) is 4.33. The van der Waals surface area contributed by atoms with Crippen LogP contribution in [0.25, 0.3) is 0 Å². The summed E-state index contributed by atoms with van der Waals surface area (Å²) < 4.78 is 24.5. The first-order valence-corrected chi connectivity index (χ1v) is 10.1. The summed E-state index contributed by atoms with van der Waals surface area (Å²) in [6, 6.07) is 6.33. The molecule has 0 aliphatic carbocycles. The van der Waals surface area contributed by atoms with Crippen LogP contribution in [0.15, 0.2) is 41.8 Å². The Morgan fingerprint density at radius 1 is 1.21 bits per heavy atom. The van der Waals surface area contributed by atoms with E-state index < -0.39 is 15.4 Å². The van der Waals surface area contributed by atoms with Gasteiger partial charge in [-0.15, -0.1) is 6.58 Å². The summed E-state index contributed by atoms with van der Waals surface area (Å²) in [7, 11) is 0.496. The molecule has 1 atom stereocenters. The molecular weight excluding hydrogens is 322 g/mol. The highest BCUT2D eigenvalue weighted by Crippen LogP contribution is 2.28. The van der Waals surface area contributed by atoms with Crippen molar-refractivity contribution < 1.29 is 13.2 Å². The summed E-state index contributed by atoms with van der Waals surface area (Å²) in [6.45, 7) is 7.71. The number of unbranched alkanes of at least 4 members (excludes halogenated alkanes) is 1. The maximum absolute atomic E-state index is 13.0. The maximum atomic E-state index is 13.0. The van der Waals surface area contributed by atoms with Crippen LogP contribution in [0.5, 0.6) is 0 Å². The number of benzene rings is 1. The topological polar surface area (TPSA) is 54.5 Å². The molecule has 1 aromatic rings. The Balaban J connectivity index is 3.15. The van der Waals surface area contributed by atoms with Gasteiger partial charge in [0, 0.05) is 5.56 Å². The molecular formula is C19H29NO3S. The van der Waals surface area contributed by atoms with Crippen LogP contribution in [0.2, 0.25) is 0 Å². The Labute approximate surface area is 146 Å². The van der Waals surface area contributed by atoms with E-state index in [9.17, 15) is 13.2 Å².